The predicted octanol–water partition coefficient (Wildman–Crippen LogP) is 1.66. The number of rotatable bonds is 5. The summed E-state index contributed by atoms with van der Waals surface area (Å²) in [6, 6.07) is -0.979. The van der Waals surface area contributed by atoms with Crippen LogP contribution in [-0.4, -0.2) is 33.8 Å². The first-order valence-electron chi connectivity index (χ1n) is 6.86. The molecule has 2 atom stereocenters. The number of hydrogen-bond donors (Lipinski definition) is 1. The van der Waals surface area contributed by atoms with Crippen LogP contribution in [-0.2, 0) is 14.4 Å². The van der Waals surface area contributed by atoms with Crippen LogP contribution in [0, 0.1) is 17.3 Å². The van der Waals surface area contributed by atoms with Crippen LogP contribution in [0.5, 0.6) is 0 Å². The number of carboxylic acid groups (broad SMARTS) is 1. The monoisotopic (exact) mass is 267 g/mol. The zero-order valence-corrected chi connectivity index (χ0v) is 11.7. The topological polar surface area (TPSA) is 74.7 Å². The summed E-state index contributed by atoms with van der Waals surface area (Å²) in [5.74, 6) is -1.35. The second kappa shape index (κ2) is 4.62. The first-order valence-corrected chi connectivity index (χ1v) is 6.86. The lowest BCUT2D eigenvalue weighted by Crippen LogP contribution is -2.47. The van der Waals surface area contributed by atoms with Crippen molar-refractivity contribution in [3.63, 3.8) is 0 Å². The van der Waals surface area contributed by atoms with Crippen molar-refractivity contribution in [2.45, 2.75) is 52.5 Å². The molecule has 1 saturated heterocycles. The van der Waals surface area contributed by atoms with Crippen molar-refractivity contribution < 1.29 is 19.5 Å². The third-order valence-electron chi connectivity index (χ3n) is 4.62. The van der Waals surface area contributed by atoms with E-state index in [0.29, 0.717) is 12.3 Å². The molecule has 1 heterocycles. The average molecular weight is 267 g/mol. The van der Waals surface area contributed by atoms with Gasteiger partial charge in [-0.05, 0) is 25.2 Å². The minimum Gasteiger partial charge on any atom is -0.480 e. The first kappa shape index (κ1) is 14.0. The van der Waals surface area contributed by atoms with Crippen LogP contribution in [0.15, 0.2) is 0 Å². The summed E-state index contributed by atoms with van der Waals surface area (Å²) in [4.78, 5) is 37.0. The van der Waals surface area contributed by atoms with E-state index in [1.54, 1.807) is 6.92 Å². The highest BCUT2D eigenvalue weighted by Gasteiger charge is 2.53. The van der Waals surface area contributed by atoms with Crippen molar-refractivity contribution in [2.24, 2.45) is 17.3 Å². The molecule has 1 aliphatic carbocycles. The molecule has 5 nitrogen and oxygen atoms in total. The number of likely N-dealkylation sites (tertiary alicyclic amines) is 1. The number of nitrogens with zero attached hydrogens (tertiary/aromatic N) is 1. The zero-order chi connectivity index (χ0) is 14.4. The summed E-state index contributed by atoms with van der Waals surface area (Å²) in [6.07, 6.45) is 2.53. The van der Waals surface area contributed by atoms with E-state index in [4.69, 9.17) is 0 Å². The molecular weight excluding hydrogens is 246 g/mol. The lowest BCUT2D eigenvalue weighted by atomic mass is 9.78. The highest BCUT2D eigenvalue weighted by atomic mass is 16.4. The predicted molar refractivity (Wildman–Crippen MR) is 68.2 cm³/mol. The molecule has 1 saturated carbocycles. The molecule has 106 valence electrons. The van der Waals surface area contributed by atoms with E-state index in [0.717, 1.165) is 17.7 Å². The Morgan fingerprint density at radius 2 is 2.00 bits per heavy atom. The van der Waals surface area contributed by atoms with Crippen molar-refractivity contribution in [3.8, 4) is 0 Å². The smallest absolute Gasteiger partial charge is 0.326 e. The van der Waals surface area contributed by atoms with Crippen molar-refractivity contribution in [3.05, 3.63) is 0 Å². The average Bonchev–Trinajstić information content (AvgIpc) is 3.07. The molecule has 0 aromatic carbocycles. The summed E-state index contributed by atoms with van der Waals surface area (Å²) in [6.45, 7) is 5.55. The van der Waals surface area contributed by atoms with E-state index in [-0.39, 0.29) is 24.2 Å². The maximum absolute atomic E-state index is 12.5. The van der Waals surface area contributed by atoms with Crippen LogP contribution < -0.4 is 0 Å². The summed E-state index contributed by atoms with van der Waals surface area (Å²) in [5.41, 5.74) is -0.756. The van der Waals surface area contributed by atoms with E-state index in [1.807, 2.05) is 13.8 Å². The van der Waals surface area contributed by atoms with Crippen LogP contribution in [0.4, 0.5) is 0 Å². The molecule has 1 N–H and O–H groups in total. The van der Waals surface area contributed by atoms with Gasteiger partial charge < -0.3 is 5.11 Å². The molecule has 0 spiro atoms. The fraction of sp³-hybridized carbons (Fsp3) is 0.786. The number of carboxylic acids is 1. The minimum absolute atomic E-state index is 0.0179. The molecule has 2 amide bonds. The molecule has 2 unspecified atom stereocenters. The van der Waals surface area contributed by atoms with Gasteiger partial charge in [-0.1, -0.05) is 26.7 Å². The molecule has 2 fully saturated rings. The Hall–Kier alpha value is -1.39. The first-order chi connectivity index (χ1) is 8.77. The molecule has 2 rings (SSSR count). The van der Waals surface area contributed by atoms with E-state index < -0.39 is 17.4 Å². The number of carbonyl (C=O) groups excluding carboxylic acids is 2. The van der Waals surface area contributed by atoms with Crippen molar-refractivity contribution in [1.82, 2.24) is 4.90 Å². The largest absolute Gasteiger partial charge is 0.480 e. The van der Waals surface area contributed by atoms with Gasteiger partial charge in [0.2, 0.25) is 11.8 Å². The molecule has 2 aliphatic rings. The quantitative estimate of drug-likeness (QED) is 0.769. The van der Waals surface area contributed by atoms with Gasteiger partial charge in [-0.3, -0.25) is 14.5 Å². The third-order valence-corrected chi connectivity index (χ3v) is 4.62. The maximum atomic E-state index is 12.5. The Kier molecular flexibility index (Phi) is 3.41. The summed E-state index contributed by atoms with van der Waals surface area (Å²) >= 11 is 0. The molecule has 5 heteroatoms. The Morgan fingerprint density at radius 3 is 2.37 bits per heavy atom. The SMILES string of the molecule is CC(C)C1(C)CC(=O)N(C(CC2CC2)C(=O)O)C1=O. The van der Waals surface area contributed by atoms with Gasteiger partial charge in [0.1, 0.15) is 6.04 Å². The van der Waals surface area contributed by atoms with Gasteiger partial charge in [-0.25, -0.2) is 4.79 Å². The number of amides is 2. The summed E-state index contributed by atoms with van der Waals surface area (Å²) in [7, 11) is 0. The second-order valence-corrected chi connectivity index (χ2v) is 6.35. The van der Waals surface area contributed by atoms with Gasteiger partial charge in [0, 0.05) is 6.42 Å². The minimum atomic E-state index is -1.07. The normalized spacial score (nSPS) is 29.2. The fourth-order valence-corrected chi connectivity index (χ4v) is 2.62. The van der Waals surface area contributed by atoms with Gasteiger partial charge in [0.25, 0.3) is 0 Å². The van der Waals surface area contributed by atoms with Crippen molar-refractivity contribution in [2.75, 3.05) is 0 Å². The van der Waals surface area contributed by atoms with E-state index in [2.05, 4.69) is 0 Å². The standard InChI is InChI=1S/C14H21NO4/c1-8(2)14(3)7-11(16)15(13(14)19)10(12(17)18)6-9-4-5-9/h8-10H,4-7H2,1-3H3,(H,17,18). The van der Waals surface area contributed by atoms with Crippen LogP contribution in [0.2, 0.25) is 0 Å². The molecule has 0 bridgehead atoms. The Balaban J connectivity index is 2.24. The number of aliphatic carboxylic acids is 1. The Labute approximate surface area is 113 Å². The summed E-state index contributed by atoms with van der Waals surface area (Å²) < 4.78 is 0. The van der Waals surface area contributed by atoms with Crippen molar-refractivity contribution >= 4 is 17.8 Å². The van der Waals surface area contributed by atoms with E-state index in [9.17, 15) is 19.5 Å². The highest BCUT2D eigenvalue weighted by molar-refractivity contribution is 6.08. The molecule has 0 radical (unpaired) electrons. The Bertz CT molecular complexity index is 427. The van der Waals surface area contributed by atoms with Gasteiger partial charge in [0.15, 0.2) is 0 Å². The van der Waals surface area contributed by atoms with Gasteiger partial charge >= 0.3 is 5.97 Å². The lowest BCUT2D eigenvalue weighted by molar-refractivity contribution is -0.156. The van der Waals surface area contributed by atoms with Gasteiger partial charge in [-0.15, -0.1) is 0 Å². The summed E-state index contributed by atoms with van der Waals surface area (Å²) in [5, 5.41) is 9.31. The Morgan fingerprint density at radius 1 is 1.42 bits per heavy atom. The van der Waals surface area contributed by atoms with Gasteiger partial charge in [0.05, 0.1) is 5.41 Å². The molecule has 0 aromatic rings. The highest BCUT2D eigenvalue weighted by Crippen LogP contribution is 2.42. The van der Waals surface area contributed by atoms with Crippen LogP contribution in [0.25, 0.3) is 0 Å². The van der Waals surface area contributed by atoms with Crippen LogP contribution >= 0.6 is 0 Å². The maximum Gasteiger partial charge on any atom is 0.326 e. The zero-order valence-electron chi connectivity index (χ0n) is 11.7. The molecule has 1 aliphatic heterocycles. The van der Waals surface area contributed by atoms with E-state index >= 15 is 0 Å². The van der Waals surface area contributed by atoms with E-state index in [1.165, 1.54) is 0 Å². The molecular formula is C14H21NO4. The number of imide groups is 1. The fourth-order valence-electron chi connectivity index (χ4n) is 2.62. The van der Waals surface area contributed by atoms with Crippen LogP contribution in [0.1, 0.15) is 46.5 Å². The molecule has 0 aromatic heterocycles. The van der Waals surface area contributed by atoms with Gasteiger partial charge in [-0.2, -0.15) is 0 Å². The third kappa shape index (κ3) is 2.38. The van der Waals surface area contributed by atoms with Crippen LogP contribution in [0.3, 0.4) is 0 Å². The number of hydrogen-bond acceptors (Lipinski definition) is 3. The second-order valence-electron chi connectivity index (χ2n) is 6.35. The molecule has 19 heavy (non-hydrogen) atoms. The number of carbonyl (C=O) groups is 3. The lowest BCUT2D eigenvalue weighted by Gasteiger charge is -2.28. The van der Waals surface area contributed by atoms with Crippen molar-refractivity contribution in [1.29, 1.82) is 0 Å².